The van der Waals surface area contributed by atoms with Crippen molar-refractivity contribution in [3.8, 4) is 0 Å². The van der Waals surface area contributed by atoms with Crippen LogP contribution in [0.1, 0.15) is 64.1 Å². The Labute approximate surface area is 193 Å². The molecule has 2 N–H and O–H groups in total. The molecule has 1 aliphatic heterocycles. The number of nitrogens with one attached hydrogen (secondary N) is 2. The number of esters is 1. The molecule has 32 heavy (non-hydrogen) atoms. The number of likely N-dealkylation sites (tertiary alicyclic amines) is 1. The second-order valence-corrected chi connectivity index (χ2v) is 9.66. The summed E-state index contributed by atoms with van der Waals surface area (Å²) in [6, 6.07) is 1.87. The van der Waals surface area contributed by atoms with E-state index in [0.717, 1.165) is 25.9 Å². The van der Waals surface area contributed by atoms with Crippen molar-refractivity contribution in [3.05, 3.63) is 49.0 Å². The van der Waals surface area contributed by atoms with Gasteiger partial charge in [-0.05, 0) is 50.6 Å². The molecule has 8 nitrogen and oxygen atoms in total. The number of rotatable bonds is 6. The van der Waals surface area contributed by atoms with Gasteiger partial charge < -0.3 is 15.0 Å². The van der Waals surface area contributed by atoms with Gasteiger partial charge in [0, 0.05) is 30.1 Å². The van der Waals surface area contributed by atoms with Crippen LogP contribution in [-0.4, -0.2) is 52.5 Å². The number of hydrogen-bond acceptors (Lipinski definition) is 8. The average Bonchev–Trinajstić information content (AvgIpc) is 3.42. The van der Waals surface area contributed by atoms with Crippen molar-refractivity contribution < 1.29 is 14.3 Å². The molecule has 0 saturated carbocycles. The van der Waals surface area contributed by atoms with Crippen LogP contribution in [-0.2, 0) is 4.74 Å². The van der Waals surface area contributed by atoms with Crippen molar-refractivity contribution >= 4 is 44.8 Å². The van der Waals surface area contributed by atoms with Gasteiger partial charge in [-0.25, -0.2) is 9.78 Å². The smallest absolute Gasteiger partial charge is 0.348 e. The highest BCUT2D eigenvalue weighted by Gasteiger charge is 2.27. The van der Waals surface area contributed by atoms with Crippen LogP contribution in [0, 0.1) is 6.92 Å². The second kappa shape index (κ2) is 9.51. The van der Waals surface area contributed by atoms with Crippen LogP contribution in [0.3, 0.4) is 0 Å². The van der Waals surface area contributed by atoms with E-state index < -0.39 is 5.97 Å². The zero-order valence-electron chi connectivity index (χ0n) is 18.3. The van der Waals surface area contributed by atoms with Crippen molar-refractivity contribution in [1.29, 1.82) is 0 Å². The summed E-state index contributed by atoms with van der Waals surface area (Å²) >= 11 is 2.71. The molecular formula is C22H26N4O4S2. The van der Waals surface area contributed by atoms with Crippen molar-refractivity contribution in [2.75, 3.05) is 19.7 Å². The highest BCUT2D eigenvalue weighted by atomic mass is 32.1. The van der Waals surface area contributed by atoms with Crippen molar-refractivity contribution in [1.82, 2.24) is 20.2 Å². The van der Waals surface area contributed by atoms with E-state index in [-0.39, 0.29) is 30.2 Å². The number of amides is 1. The minimum Gasteiger partial charge on any atom is -0.462 e. The van der Waals surface area contributed by atoms with Crippen LogP contribution in [0.5, 0.6) is 0 Å². The number of carbonyl (C=O) groups excluding carboxylic acids is 2. The van der Waals surface area contributed by atoms with Gasteiger partial charge in [0.05, 0.1) is 18.0 Å². The van der Waals surface area contributed by atoms with E-state index >= 15 is 0 Å². The summed E-state index contributed by atoms with van der Waals surface area (Å²) in [6.45, 7) is 7.37. The standard InChI is InChI=1S/C22H26N4O4S2/c1-4-30-22(29)17-12(2)16-20(28)24-18(25-21(16)32-17)13(3)26-8-5-15(6-9-26)23-19(27)14-7-10-31-11-14/h7,10-11,13,15H,4-6,8-9H2,1-3H3,(H,23,27)(H,24,25,28). The first-order chi connectivity index (χ1) is 15.4. The summed E-state index contributed by atoms with van der Waals surface area (Å²) in [7, 11) is 0. The molecule has 0 spiro atoms. The summed E-state index contributed by atoms with van der Waals surface area (Å²) in [4.78, 5) is 48.1. The molecule has 1 unspecified atom stereocenters. The SMILES string of the molecule is CCOC(=O)c1sc2nc(C(C)N3CCC(NC(=O)c4ccsc4)CC3)[nH]c(=O)c2c1C. The summed E-state index contributed by atoms with van der Waals surface area (Å²) in [6.07, 6.45) is 1.66. The van der Waals surface area contributed by atoms with Crippen LogP contribution in [0.4, 0.5) is 0 Å². The quantitative estimate of drug-likeness (QED) is 0.530. The van der Waals surface area contributed by atoms with Crippen LogP contribution < -0.4 is 10.9 Å². The number of ether oxygens (including phenoxy) is 1. The Morgan fingerprint density at radius 3 is 2.78 bits per heavy atom. The molecule has 4 heterocycles. The molecule has 3 aromatic rings. The van der Waals surface area contributed by atoms with E-state index in [1.807, 2.05) is 23.8 Å². The number of aromatic nitrogens is 2. The predicted molar refractivity (Wildman–Crippen MR) is 126 cm³/mol. The van der Waals surface area contributed by atoms with E-state index in [1.54, 1.807) is 13.8 Å². The first-order valence-electron chi connectivity index (χ1n) is 10.7. The fourth-order valence-corrected chi connectivity index (χ4v) is 5.73. The van der Waals surface area contributed by atoms with Crippen LogP contribution in [0.15, 0.2) is 21.6 Å². The molecular weight excluding hydrogens is 448 g/mol. The first kappa shape index (κ1) is 22.6. The van der Waals surface area contributed by atoms with Crippen molar-refractivity contribution in [3.63, 3.8) is 0 Å². The zero-order valence-corrected chi connectivity index (χ0v) is 19.9. The zero-order chi connectivity index (χ0) is 22.8. The molecule has 1 atom stereocenters. The second-order valence-electron chi connectivity index (χ2n) is 7.88. The number of piperidine rings is 1. The Hall–Kier alpha value is -2.56. The lowest BCUT2D eigenvalue weighted by Gasteiger charge is -2.35. The maximum atomic E-state index is 12.8. The number of hydrogen-bond donors (Lipinski definition) is 2. The highest BCUT2D eigenvalue weighted by molar-refractivity contribution is 7.20. The number of carbonyl (C=O) groups is 2. The van der Waals surface area contributed by atoms with Crippen LogP contribution in [0.25, 0.3) is 10.2 Å². The summed E-state index contributed by atoms with van der Waals surface area (Å²) in [5, 5.41) is 7.31. The molecule has 1 aliphatic rings. The third-order valence-corrected chi connectivity index (χ3v) is 7.72. The molecule has 170 valence electrons. The Balaban J connectivity index is 1.46. The summed E-state index contributed by atoms with van der Waals surface area (Å²) < 4.78 is 5.11. The lowest BCUT2D eigenvalue weighted by Crippen LogP contribution is -2.45. The Morgan fingerprint density at radius 2 is 2.12 bits per heavy atom. The van der Waals surface area contributed by atoms with E-state index in [4.69, 9.17) is 4.74 Å². The van der Waals surface area contributed by atoms with Gasteiger partial charge in [-0.2, -0.15) is 11.3 Å². The monoisotopic (exact) mass is 474 g/mol. The van der Waals surface area contributed by atoms with Gasteiger partial charge in [-0.15, -0.1) is 11.3 Å². The van der Waals surface area contributed by atoms with Gasteiger partial charge in [0.1, 0.15) is 15.5 Å². The fourth-order valence-electron chi connectivity index (χ4n) is 4.02. The highest BCUT2D eigenvalue weighted by Crippen LogP contribution is 2.29. The number of nitrogens with zero attached hydrogens (tertiary/aromatic N) is 2. The summed E-state index contributed by atoms with van der Waals surface area (Å²) in [5.41, 5.74) is 1.08. The normalized spacial score (nSPS) is 16.2. The van der Waals surface area contributed by atoms with Gasteiger partial charge >= 0.3 is 5.97 Å². The topological polar surface area (TPSA) is 104 Å². The lowest BCUT2D eigenvalue weighted by molar-refractivity contribution is 0.0531. The largest absolute Gasteiger partial charge is 0.462 e. The molecule has 10 heteroatoms. The Kier molecular flexibility index (Phi) is 6.73. The van der Waals surface area contributed by atoms with Gasteiger partial charge in [0.25, 0.3) is 11.5 Å². The van der Waals surface area contributed by atoms with Crippen molar-refractivity contribution in [2.45, 2.75) is 45.7 Å². The maximum absolute atomic E-state index is 12.8. The number of H-pyrrole nitrogens is 1. The molecule has 0 bridgehead atoms. The predicted octanol–water partition coefficient (Wildman–Crippen LogP) is 3.49. The number of aromatic amines is 1. The van der Waals surface area contributed by atoms with Crippen LogP contribution >= 0.6 is 22.7 Å². The molecule has 0 radical (unpaired) electrons. The Bertz CT molecular complexity index is 1180. The van der Waals surface area contributed by atoms with Gasteiger partial charge in [0.2, 0.25) is 0 Å². The minimum absolute atomic E-state index is 0.0281. The number of thiophene rings is 2. The van der Waals surface area contributed by atoms with E-state index in [2.05, 4.69) is 20.2 Å². The van der Waals surface area contributed by atoms with Gasteiger partial charge in [-0.3, -0.25) is 14.5 Å². The molecule has 0 aliphatic carbocycles. The van der Waals surface area contributed by atoms with E-state index in [1.165, 1.54) is 22.7 Å². The third kappa shape index (κ3) is 4.48. The Morgan fingerprint density at radius 1 is 1.38 bits per heavy atom. The van der Waals surface area contributed by atoms with Gasteiger partial charge in [-0.1, -0.05) is 0 Å². The van der Waals surface area contributed by atoms with Crippen molar-refractivity contribution in [2.24, 2.45) is 0 Å². The maximum Gasteiger partial charge on any atom is 0.348 e. The minimum atomic E-state index is -0.423. The molecule has 1 saturated heterocycles. The number of fused-ring (bicyclic) bond motifs is 1. The van der Waals surface area contributed by atoms with Gasteiger partial charge in [0.15, 0.2) is 0 Å². The number of aryl methyl sites for hydroxylation is 1. The molecule has 4 rings (SSSR count). The molecule has 0 aromatic carbocycles. The molecule has 1 fully saturated rings. The average molecular weight is 475 g/mol. The third-order valence-electron chi connectivity index (χ3n) is 5.87. The van der Waals surface area contributed by atoms with E-state index in [0.29, 0.717) is 32.0 Å². The first-order valence-corrected chi connectivity index (χ1v) is 12.4. The lowest BCUT2D eigenvalue weighted by atomic mass is 10.0. The molecule has 1 amide bonds. The van der Waals surface area contributed by atoms with E-state index in [9.17, 15) is 14.4 Å². The van der Waals surface area contributed by atoms with Crippen LogP contribution in [0.2, 0.25) is 0 Å². The summed E-state index contributed by atoms with van der Waals surface area (Å²) in [5.74, 6) is 0.133. The fraction of sp³-hybridized carbons (Fsp3) is 0.455. The molecule has 3 aromatic heterocycles.